The molecular formula is C11H15NO5. The summed E-state index contributed by atoms with van der Waals surface area (Å²) in [6.07, 6.45) is -1.12. The highest BCUT2D eigenvalue weighted by molar-refractivity contribution is 5.37. The van der Waals surface area contributed by atoms with E-state index in [1.54, 1.807) is 25.3 Å². The monoisotopic (exact) mass is 241 g/mol. The van der Waals surface area contributed by atoms with Crippen LogP contribution in [-0.4, -0.2) is 30.8 Å². The molecule has 0 amide bonds. The van der Waals surface area contributed by atoms with Gasteiger partial charge in [0, 0.05) is 17.6 Å². The van der Waals surface area contributed by atoms with Crippen LogP contribution >= 0.6 is 0 Å². The van der Waals surface area contributed by atoms with Crippen molar-refractivity contribution >= 4 is 0 Å². The van der Waals surface area contributed by atoms with E-state index in [0.717, 1.165) is 5.56 Å². The maximum Gasteiger partial charge on any atom is 0.233 e. The molecule has 1 aromatic rings. The molecule has 0 aliphatic rings. The van der Waals surface area contributed by atoms with Gasteiger partial charge >= 0.3 is 0 Å². The second-order valence-electron chi connectivity index (χ2n) is 3.54. The van der Waals surface area contributed by atoms with E-state index in [2.05, 4.69) is 0 Å². The largest absolute Gasteiger partial charge is 0.496 e. The molecule has 0 bridgehead atoms. The summed E-state index contributed by atoms with van der Waals surface area (Å²) in [4.78, 5) is 9.76. The van der Waals surface area contributed by atoms with Gasteiger partial charge in [-0.15, -0.1) is 0 Å². The molecule has 0 saturated carbocycles. The molecule has 0 radical (unpaired) electrons. The van der Waals surface area contributed by atoms with E-state index in [9.17, 15) is 15.2 Å². The van der Waals surface area contributed by atoms with Gasteiger partial charge in [-0.3, -0.25) is 10.1 Å². The average molecular weight is 241 g/mol. The topological polar surface area (TPSA) is 81.8 Å². The Morgan fingerprint density at radius 2 is 2.18 bits per heavy atom. The van der Waals surface area contributed by atoms with Crippen molar-refractivity contribution in [1.29, 1.82) is 0 Å². The number of hydrogen-bond donors (Lipinski definition) is 1. The molecule has 1 rings (SSSR count). The minimum absolute atomic E-state index is 0.322. The molecule has 0 aliphatic heterocycles. The number of nitrogens with zero attached hydrogens (tertiary/aromatic N) is 1. The third-order valence-electron chi connectivity index (χ3n) is 2.31. The molecule has 6 heteroatoms. The van der Waals surface area contributed by atoms with E-state index in [1.165, 1.54) is 7.11 Å². The Morgan fingerprint density at radius 3 is 2.71 bits per heavy atom. The summed E-state index contributed by atoms with van der Waals surface area (Å²) >= 11 is 0. The van der Waals surface area contributed by atoms with Crippen molar-refractivity contribution in [3.8, 4) is 5.75 Å². The van der Waals surface area contributed by atoms with Gasteiger partial charge < -0.3 is 14.6 Å². The summed E-state index contributed by atoms with van der Waals surface area (Å²) in [5.74, 6) is 0.629. The molecule has 0 aliphatic carbocycles. The Bertz CT molecular complexity index is 393. The number of rotatable bonds is 6. The second-order valence-corrected chi connectivity index (χ2v) is 3.54. The predicted octanol–water partition coefficient (Wildman–Crippen LogP) is 1.15. The van der Waals surface area contributed by atoms with E-state index in [1.807, 2.05) is 0 Å². The van der Waals surface area contributed by atoms with Crippen LogP contribution < -0.4 is 4.74 Å². The van der Waals surface area contributed by atoms with Crippen LogP contribution in [0.1, 0.15) is 17.2 Å². The smallest absolute Gasteiger partial charge is 0.233 e. The molecule has 6 nitrogen and oxygen atoms in total. The van der Waals surface area contributed by atoms with Gasteiger partial charge in [-0.25, -0.2) is 0 Å². The number of aliphatic hydroxyl groups excluding tert-OH is 1. The summed E-state index contributed by atoms with van der Waals surface area (Å²) in [7, 11) is 3.07. The van der Waals surface area contributed by atoms with Crippen LogP contribution in [0.3, 0.4) is 0 Å². The maximum absolute atomic E-state index is 10.3. The number of benzene rings is 1. The summed E-state index contributed by atoms with van der Waals surface area (Å²) in [6, 6.07) is 4.91. The van der Waals surface area contributed by atoms with Crippen molar-refractivity contribution in [1.82, 2.24) is 0 Å². The molecule has 17 heavy (non-hydrogen) atoms. The Morgan fingerprint density at radius 1 is 1.47 bits per heavy atom. The third-order valence-corrected chi connectivity index (χ3v) is 2.31. The number of methoxy groups -OCH3 is 2. The first-order chi connectivity index (χ1) is 8.08. The van der Waals surface area contributed by atoms with Gasteiger partial charge in [-0.2, -0.15) is 0 Å². The molecule has 0 heterocycles. The predicted molar refractivity (Wildman–Crippen MR) is 60.5 cm³/mol. The van der Waals surface area contributed by atoms with Crippen molar-refractivity contribution in [2.45, 2.75) is 12.7 Å². The van der Waals surface area contributed by atoms with Gasteiger partial charge in [0.05, 0.1) is 13.7 Å². The average Bonchev–Trinajstić information content (AvgIpc) is 2.28. The Balaban J connectivity index is 2.94. The fraction of sp³-hybridized carbons (Fsp3) is 0.455. The van der Waals surface area contributed by atoms with Crippen molar-refractivity contribution in [2.24, 2.45) is 0 Å². The zero-order valence-corrected chi connectivity index (χ0v) is 9.75. The summed E-state index contributed by atoms with van der Waals surface area (Å²) < 4.78 is 10.1. The summed E-state index contributed by atoms with van der Waals surface area (Å²) in [5.41, 5.74) is 1.23. The molecule has 1 aromatic carbocycles. The lowest BCUT2D eigenvalue weighted by Crippen LogP contribution is -2.12. The van der Waals surface area contributed by atoms with Crippen LogP contribution in [0.5, 0.6) is 5.75 Å². The van der Waals surface area contributed by atoms with Crippen LogP contribution in [0.25, 0.3) is 0 Å². The van der Waals surface area contributed by atoms with Crippen molar-refractivity contribution < 1.29 is 19.5 Å². The van der Waals surface area contributed by atoms with Gasteiger partial charge in [0.1, 0.15) is 11.9 Å². The lowest BCUT2D eigenvalue weighted by Gasteiger charge is -2.12. The molecule has 1 atom stereocenters. The lowest BCUT2D eigenvalue weighted by molar-refractivity contribution is -0.491. The second kappa shape index (κ2) is 6.17. The first kappa shape index (κ1) is 13.4. The normalized spacial score (nSPS) is 12.2. The van der Waals surface area contributed by atoms with Gasteiger partial charge in [-0.05, 0) is 17.7 Å². The van der Waals surface area contributed by atoms with Crippen LogP contribution in [0.15, 0.2) is 18.2 Å². The Hall–Kier alpha value is -1.66. The molecule has 94 valence electrons. The summed E-state index contributed by atoms with van der Waals surface area (Å²) in [6.45, 7) is -0.194. The van der Waals surface area contributed by atoms with Crippen molar-refractivity contribution in [2.75, 3.05) is 20.8 Å². The standard InChI is InChI=1S/C11H15NO5/c1-16-7-9-5-8(3-4-11(9)17-2)10(13)6-12(14)15/h3-5,10,13H,6-7H2,1-2H3. The Labute approximate surface area is 98.9 Å². The fourth-order valence-corrected chi connectivity index (χ4v) is 1.52. The first-order valence-electron chi connectivity index (χ1n) is 5.04. The minimum Gasteiger partial charge on any atom is -0.496 e. The van der Waals surface area contributed by atoms with Crippen LogP contribution in [0, 0.1) is 10.1 Å². The zero-order chi connectivity index (χ0) is 12.8. The lowest BCUT2D eigenvalue weighted by atomic mass is 10.1. The SMILES string of the molecule is COCc1cc(C(O)C[N+](=O)[O-])ccc1OC. The van der Waals surface area contributed by atoms with Crippen LogP contribution in [0.2, 0.25) is 0 Å². The quantitative estimate of drug-likeness (QED) is 0.596. The highest BCUT2D eigenvalue weighted by atomic mass is 16.6. The zero-order valence-electron chi connectivity index (χ0n) is 9.75. The summed E-state index contributed by atoms with van der Waals surface area (Å²) in [5, 5.41) is 19.9. The minimum atomic E-state index is -1.12. The van der Waals surface area contributed by atoms with Crippen molar-refractivity contribution in [3.63, 3.8) is 0 Å². The molecule has 0 aromatic heterocycles. The third kappa shape index (κ3) is 3.69. The first-order valence-corrected chi connectivity index (χ1v) is 5.04. The number of ether oxygens (including phenoxy) is 2. The molecule has 0 spiro atoms. The van der Waals surface area contributed by atoms with Gasteiger partial charge in [-0.1, -0.05) is 6.07 Å². The highest BCUT2D eigenvalue weighted by Crippen LogP contribution is 2.24. The fourth-order valence-electron chi connectivity index (χ4n) is 1.52. The number of hydrogen-bond acceptors (Lipinski definition) is 5. The van der Waals surface area contributed by atoms with Gasteiger partial charge in [0.15, 0.2) is 0 Å². The molecule has 1 unspecified atom stereocenters. The van der Waals surface area contributed by atoms with E-state index in [-0.39, 0.29) is 0 Å². The van der Waals surface area contributed by atoms with E-state index >= 15 is 0 Å². The maximum atomic E-state index is 10.3. The van der Waals surface area contributed by atoms with Gasteiger partial charge in [0.2, 0.25) is 6.54 Å². The molecule has 0 fully saturated rings. The molecule has 1 N–H and O–H groups in total. The van der Waals surface area contributed by atoms with Crippen LogP contribution in [0.4, 0.5) is 0 Å². The Kier molecular flexibility index (Phi) is 4.86. The number of nitro groups is 1. The number of aliphatic hydroxyl groups is 1. The van der Waals surface area contributed by atoms with Crippen molar-refractivity contribution in [3.05, 3.63) is 39.4 Å². The molecular weight excluding hydrogens is 226 g/mol. The van der Waals surface area contributed by atoms with E-state index < -0.39 is 17.6 Å². The van der Waals surface area contributed by atoms with E-state index in [4.69, 9.17) is 9.47 Å². The van der Waals surface area contributed by atoms with E-state index in [0.29, 0.717) is 17.9 Å². The van der Waals surface area contributed by atoms with Gasteiger partial charge in [0.25, 0.3) is 0 Å². The molecule has 0 saturated heterocycles. The highest BCUT2D eigenvalue weighted by Gasteiger charge is 2.16. The van der Waals surface area contributed by atoms with Crippen LogP contribution in [-0.2, 0) is 11.3 Å².